The molecule has 154 valence electrons. The molecule has 3 rings (SSSR count). The van der Waals surface area contributed by atoms with Crippen molar-refractivity contribution in [3.05, 3.63) is 24.3 Å². The maximum atomic E-state index is 12.9. The molecule has 2 aliphatic rings. The van der Waals surface area contributed by atoms with Gasteiger partial charge < -0.3 is 15.4 Å². The molecule has 1 aromatic rings. The highest BCUT2D eigenvalue weighted by molar-refractivity contribution is 7.89. The van der Waals surface area contributed by atoms with E-state index in [1.165, 1.54) is 23.5 Å². The summed E-state index contributed by atoms with van der Waals surface area (Å²) in [5.74, 6) is -0.771. The van der Waals surface area contributed by atoms with Gasteiger partial charge in [0, 0.05) is 25.2 Å². The first-order chi connectivity index (χ1) is 13.4. The van der Waals surface area contributed by atoms with Crippen molar-refractivity contribution in [2.24, 2.45) is 0 Å². The summed E-state index contributed by atoms with van der Waals surface area (Å²) in [6.45, 7) is 0.509. The molecule has 2 amide bonds. The number of hydrogen-bond acceptors (Lipinski definition) is 5. The molecule has 0 spiro atoms. The number of benzene rings is 1. The molecule has 1 atom stereocenters. The third kappa shape index (κ3) is 4.64. The number of sulfonamides is 1. The van der Waals surface area contributed by atoms with Crippen LogP contribution in [0.1, 0.15) is 38.5 Å². The first-order valence-corrected chi connectivity index (χ1v) is 11.1. The summed E-state index contributed by atoms with van der Waals surface area (Å²) in [5.41, 5.74) is 0. The third-order valence-corrected chi connectivity index (χ3v) is 7.35. The number of rotatable bonds is 6. The fourth-order valence-corrected chi connectivity index (χ4v) is 5.52. The van der Waals surface area contributed by atoms with Gasteiger partial charge in [-0.2, -0.15) is 4.31 Å². The van der Waals surface area contributed by atoms with Gasteiger partial charge in [0.1, 0.15) is 5.75 Å². The van der Waals surface area contributed by atoms with Crippen molar-refractivity contribution >= 4 is 21.8 Å². The Kier molecular flexibility index (Phi) is 6.56. The number of methoxy groups -OCH3 is 1. The lowest BCUT2D eigenvalue weighted by Gasteiger charge is -2.24. The van der Waals surface area contributed by atoms with Crippen LogP contribution in [0.5, 0.6) is 5.75 Å². The number of nitrogens with zero attached hydrogens (tertiary/aromatic N) is 1. The highest BCUT2D eigenvalue weighted by Gasteiger charge is 2.35. The molecule has 1 aromatic carbocycles. The van der Waals surface area contributed by atoms with Crippen molar-refractivity contribution < 1.29 is 22.7 Å². The second-order valence-electron chi connectivity index (χ2n) is 7.25. The lowest BCUT2D eigenvalue weighted by atomic mass is 10.2. The average Bonchev–Trinajstić information content (AvgIpc) is 3.38. The smallest absolute Gasteiger partial charge is 0.309 e. The van der Waals surface area contributed by atoms with E-state index in [1.54, 1.807) is 12.1 Å². The van der Waals surface area contributed by atoms with E-state index >= 15 is 0 Å². The van der Waals surface area contributed by atoms with Crippen molar-refractivity contribution in [2.45, 2.75) is 55.5 Å². The van der Waals surface area contributed by atoms with Gasteiger partial charge in [-0.3, -0.25) is 9.59 Å². The van der Waals surface area contributed by atoms with Gasteiger partial charge in [-0.25, -0.2) is 8.42 Å². The van der Waals surface area contributed by atoms with Crippen LogP contribution in [0, 0.1) is 0 Å². The predicted octanol–water partition coefficient (Wildman–Crippen LogP) is 1.02. The zero-order valence-electron chi connectivity index (χ0n) is 16.0. The van der Waals surface area contributed by atoms with Crippen LogP contribution in [-0.4, -0.2) is 56.8 Å². The maximum Gasteiger partial charge on any atom is 0.309 e. The van der Waals surface area contributed by atoms with Crippen LogP contribution in [0.25, 0.3) is 0 Å². The minimum Gasteiger partial charge on any atom is -0.497 e. The zero-order chi connectivity index (χ0) is 20.1. The number of amides is 2. The van der Waals surface area contributed by atoms with Gasteiger partial charge in [0.15, 0.2) is 0 Å². The molecule has 0 radical (unpaired) electrons. The van der Waals surface area contributed by atoms with E-state index in [0.717, 1.165) is 25.7 Å². The van der Waals surface area contributed by atoms with Crippen LogP contribution in [0.2, 0.25) is 0 Å². The molecule has 2 N–H and O–H groups in total. The molecule has 2 fully saturated rings. The zero-order valence-corrected chi connectivity index (χ0v) is 16.8. The van der Waals surface area contributed by atoms with Crippen LogP contribution < -0.4 is 15.4 Å². The van der Waals surface area contributed by atoms with Crippen molar-refractivity contribution in [3.8, 4) is 5.75 Å². The summed E-state index contributed by atoms with van der Waals surface area (Å²) in [7, 11) is -2.15. The van der Waals surface area contributed by atoms with Gasteiger partial charge in [0.05, 0.1) is 12.0 Å². The van der Waals surface area contributed by atoms with Gasteiger partial charge in [-0.1, -0.05) is 12.8 Å². The lowest BCUT2D eigenvalue weighted by molar-refractivity contribution is -0.139. The minimum absolute atomic E-state index is 0.0664. The van der Waals surface area contributed by atoms with Crippen LogP contribution in [0.3, 0.4) is 0 Å². The van der Waals surface area contributed by atoms with E-state index in [0.29, 0.717) is 25.1 Å². The Morgan fingerprint density at radius 2 is 1.75 bits per heavy atom. The summed E-state index contributed by atoms with van der Waals surface area (Å²) in [6, 6.07) is 5.93. The molecule has 1 saturated carbocycles. The Hall–Kier alpha value is -2.13. The second kappa shape index (κ2) is 8.91. The van der Waals surface area contributed by atoms with E-state index in [9.17, 15) is 18.0 Å². The fraction of sp³-hybridized carbons (Fsp3) is 0.579. The molecular formula is C19H27N3O5S. The molecule has 9 heteroatoms. The summed E-state index contributed by atoms with van der Waals surface area (Å²) in [6.07, 6.45) is 5.27. The molecule has 1 heterocycles. The summed E-state index contributed by atoms with van der Waals surface area (Å²) in [5, 5.41) is 5.33. The molecule has 1 aliphatic carbocycles. The van der Waals surface area contributed by atoms with Crippen molar-refractivity contribution in [3.63, 3.8) is 0 Å². The highest BCUT2D eigenvalue weighted by Crippen LogP contribution is 2.27. The van der Waals surface area contributed by atoms with Gasteiger partial charge in [0.25, 0.3) is 0 Å². The second-order valence-corrected chi connectivity index (χ2v) is 9.14. The molecular weight excluding hydrogens is 382 g/mol. The largest absolute Gasteiger partial charge is 0.497 e. The molecule has 1 saturated heterocycles. The Labute approximate surface area is 165 Å². The summed E-state index contributed by atoms with van der Waals surface area (Å²) >= 11 is 0. The number of carbonyl (C=O) groups excluding carboxylic acids is 2. The van der Waals surface area contributed by atoms with Gasteiger partial charge in [-0.15, -0.1) is 0 Å². The van der Waals surface area contributed by atoms with E-state index in [2.05, 4.69) is 10.6 Å². The van der Waals surface area contributed by atoms with E-state index in [4.69, 9.17) is 4.74 Å². The van der Waals surface area contributed by atoms with Crippen LogP contribution in [0.15, 0.2) is 29.2 Å². The lowest BCUT2D eigenvalue weighted by Crippen LogP contribution is -2.48. The molecule has 1 aliphatic heterocycles. The minimum atomic E-state index is -3.67. The Morgan fingerprint density at radius 3 is 2.39 bits per heavy atom. The van der Waals surface area contributed by atoms with Gasteiger partial charge in [0.2, 0.25) is 10.0 Å². The first kappa shape index (κ1) is 20.6. The number of hydrogen-bond donors (Lipinski definition) is 2. The Balaban J connectivity index is 1.58. The van der Waals surface area contributed by atoms with Crippen LogP contribution in [0.4, 0.5) is 0 Å². The van der Waals surface area contributed by atoms with Gasteiger partial charge in [-0.05, 0) is 49.9 Å². The average molecular weight is 410 g/mol. The maximum absolute atomic E-state index is 12.9. The molecule has 28 heavy (non-hydrogen) atoms. The van der Waals surface area contributed by atoms with Crippen LogP contribution >= 0.6 is 0 Å². The molecule has 0 bridgehead atoms. The SMILES string of the molecule is COc1ccc(S(=O)(=O)N2CCC[C@H]2CNC(=O)C(=O)NC2CCCC2)cc1. The number of carbonyl (C=O) groups is 2. The summed E-state index contributed by atoms with van der Waals surface area (Å²) < 4.78 is 32.4. The monoisotopic (exact) mass is 409 g/mol. The standard InChI is InChI=1S/C19H27N3O5S/c1-27-16-8-10-17(11-9-16)28(25,26)22-12-4-7-15(22)13-20-18(23)19(24)21-14-5-2-3-6-14/h8-11,14-15H,2-7,12-13H2,1H3,(H,20,23)(H,21,24)/t15-/m0/s1. The van der Waals surface area contributed by atoms with Crippen molar-refractivity contribution in [1.82, 2.24) is 14.9 Å². The summed E-state index contributed by atoms with van der Waals surface area (Å²) in [4.78, 5) is 24.3. The Morgan fingerprint density at radius 1 is 1.07 bits per heavy atom. The quantitative estimate of drug-likeness (QED) is 0.683. The number of ether oxygens (including phenoxy) is 1. The van der Waals surface area contributed by atoms with E-state index in [1.807, 2.05) is 0 Å². The number of nitrogens with one attached hydrogen (secondary N) is 2. The Bertz CT molecular complexity index is 803. The first-order valence-electron chi connectivity index (χ1n) is 9.66. The molecule has 0 unspecified atom stereocenters. The molecule has 8 nitrogen and oxygen atoms in total. The van der Waals surface area contributed by atoms with Crippen molar-refractivity contribution in [1.29, 1.82) is 0 Å². The van der Waals surface area contributed by atoms with E-state index < -0.39 is 21.8 Å². The van der Waals surface area contributed by atoms with Crippen LogP contribution in [-0.2, 0) is 19.6 Å². The third-order valence-electron chi connectivity index (χ3n) is 5.38. The predicted molar refractivity (Wildman–Crippen MR) is 103 cm³/mol. The topological polar surface area (TPSA) is 105 Å². The van der Waals surface area contributed by atoms with Crippen molar-refractivity contribution in [2.75, 3.05) is 20.2 Å². The fourth-order valence-electron chi connectivity index (χ4n) is 3.82. The normalized spacial score (nSPS) is 20.8. The molecule has 0 aromatic heterocycles. The van der Waals surface area contributed by atoms with E-state index in [-0.39, 0.29) is 23.5 Å². The highest BCUT2D eigenvalue weighted by atomic mass is 32.2. The van der Waals surface area contributed by atoms with Gasteiger partial charge >= 0.3 is 11.8 Å².